The van der Waals surface area contributed by atoms with E-state index in [-0.39, 0.29) is 5.91 Å². The SMILES string of the molecule is Cc1cc(C)c(C(N)C(=O)N(C)C)cc1C. The van der Waals surface area contributed by atoms with E-state index in [0.717, 1.165) is 11.1 Å². The smallest absolute Gasteiger partial charge is 0.243 e. The first-order valence-corrected chi connectivity index (χ1v) is 5.39. The molecule has 1 rings (SSSR count). The fourth-order valence-electron chi connectivity index (χ4n) is 1.73. The van der Waals surface area contributed by atoms with Gasteiger partial charge in [0.1, 0.15) is 6.04 Å². The Balaban J connectivity index is 3.14. The number of benzene rings is 1. The summed E-state index contributed by atoms with van der Waals surface area (Å²) in [6.07, 6.45) is 0. The van der Waals surface area contributed by atoms with E-state index >= 15 is 0 Å². The van der Waals surface area contributed by atoms with Crippen molar-refractivity contribution in [1.29, 1.82) is 0 Å². The van der Waals surface area contributed by atoms with Gasteiger partial charge >= 0.3 is 0 Å². The van der Waals surface area contributed by atoms with E-state index in [1.165, 1.54) is 16.0 Å². The van der Waals surface area contributed by atoms with Crippen molar-refractivity contribution in [3.63, 3.8) is 0 Å². The van der Waals surface area contributed by atoms with Gasteiger partial charge in [-0.15, -0.1) is 0 Å². The van der Waals surface area contributed by atoms with Crippen LogP contribution in [0.1, 0.15) is 28.3 Å². The van der Waals surface area contributed by atoms with Crippen LogP contribution in [0.25, 0.3) is 0 Å². The Morgan fingerprint density at radius 2 is 1.62 bits per heavy atom. The molecule has 3 heteroatoms. The molecule has 16 heavy (non-hydrogen) atoms. The number of amides is 1. The minimum absolute atomic E-state index is 0.0636. The second-order valence-corrected chi connectivity index (χ2v) is 4.50. The molecule has 1 atom stereocenters. The van der Waals surface area contributed by atoms with Crippen LogP contribution < -0.4 is 5.73 Å². The van der Waals surface area contributed by atoms with Crippen LogP contribution in [0.3, 0.4) is 0 Å². The first-order chi connectivity index (χ1) is 7.34. The monoisotopic (exact) mass is 220 g/mol. The zero-order valence-electron chi connectivity index (χ0n) is 10.7. The number of carbonyl (C=O) groups excluding carboxylic acids is 1. The molecule has 0 radical (unpaired) electrons. The summed E-state index contributed by atoms with van der Waals surface area (Å²) in [5.41, 5.74) is 10.4. The number of likely N-dealkylation sites (N-methyl/N-ethyl adjacent to an activating group) is 1. The number of carbonyl (C=O) groups is 1. The van der Waals surface area contributed by atoms with Gasteiger partial charge in [0.25, 0.3) is 0 Å². The van der Waals surface area contributed by atoms with E-state index in [4.69, 9.17) is 5.73 Å². The highest BCUT2D eigenvalue weighted by molar-refractivity contribution is 5.83. The molecule has 0 saturated carbocycles. The zero-order valence-corrected chi connectivity index (χ0v) is 10.7. The molecular formula is C13H20N2O. The van der Waals surface area contributed by atoms with Crippen LogP contribution in [0.5, 0.6) is 0 Å². The van der Waals surface area contributed by atoms with E-state index in [2.05, 4.69) is 13.0 Å². The number of nitrogens with two attached hydrogens (primary N) is 1. The maximum Gasteiger partial charge on any atom is 0.243 e. The molecule has 0 bridgehead atoms. The first kappa shape index (κ1) is 12.7. The lowest BCUT2D eigenvalue weighted by molar-refractivity contribution is -0.130. The van der Waals surface area contributed by atoms with Crippen molar-refractivity contribution in [2.24, 2.45) is 5.73 Å². The second-order valence-electron chi connectivity index (χ2n) is 4.50. The topological polar surface area (TPSA) is 46.3 Å². The second kappa shape index (κ2) is 4.66. The lowest BCUT2D eigenvalue weighted by Crippen LogP contribution is -2.33. The molecule has 0 spiro atoms. The highest BCUT2D eigenvalue weighted by Crippen LogP contribution is 2.21. The van der Waals surface area contributed by atoms with E-state index in [9.17, 15) is 4.79 Å². The number of nitrogens with zero attached hydrogens (tertiary/aromatic N) is 1. The molecule has 0 aliphatic carbocycles. The van der Waals surface area contributed by atoms with Crippen molar-refractivity contribution < 1.29 is 4.79 Å². The minimum atomic E-state index is -0.561. The van der Waals surface area contributed by atoms with Gasteiger partial charge in [-0.05, 0) is 43.0 Å². The summed E-state index contributed by atoms with van der Waals surface area (Å²) < 4.78 is 0. The predicted molar refractivity (Wildman–Crippen MR) is 66.3 cm³/mol. The van der Waals surface area contributed by atoms with Gasteiger partial charge in [0.05, 0.1) is 0 Å². The molecule has 2 N–H and O–H groups in total. The van der Waals surface area contributed by atoms with Crippen molar-refractivity contribution in [3.8, 4) is 0 Å². The van der Waals surface area contributed by atoms with Gasteiger partial charge < -0.3 is 10.6 Å². The van der Waals surface area contributed by atoms with Gasteiger partial charge in [-0.2, -0.15) is 0 Å². The van der Waals surface area contributed by atoms with Gasteiger partial charge in [-0.1, -0.05) is 12.1 Å². The van der Waals surface area contributed by atoms with Crippen molar-refractivity contribution in [1.82, 2.24) is 4.90 Å². The number of hydrogen-bond acceptors (Lipinski definition) is 2. The molecule has 88 valence electrons. The van der Waals surface area contributed by atoms with Gasteiger partial charge in [-0.3, -0.25) is 4.79 Å². The summed E-state index contributed by atoms with van der Waals surface area (Å²) in [5.74, 6) is -0.0636. The van der Waals surface area contributed by atoms with Gasteiger partial charge in [0.15, 0.2) is 0 Å². The summed E-state index contributed by atoms with van der Waals surface area (Å²) in [6, 6.07) is 3.53. The average molecular weight is 220 g/mol. The van der Waals surface area contributed by atoms with Gasteiger partial charge in [0.2, 0.25) is 5.91 Å². The van der Waals surface area contributed by atoms with Crippen LogP contribution in [0.4, 0.5) is 0 Å². The first-order valence-electron chi connectivity index (χ1n) is 5.39. The summed E-state index contributed by atoms with van der Waals surface area (Å²) in [5, 5.41) is 0. The van der Waals surface area contributed by atoms with Crippen LogP contribution >= 0.6 is 0 Å². The fourth-order valence-corrected chi connectivity index (χ4v) is 1.73. The van der Waals surface area contributed by atoms with E-state index < -0.39 is 6.04 Å². The van der Waals surface area contributed by atoms with E-state index in [0.29, 0.717) is 0 Å². The lowest BCUT2D eigenvalue weighted by atomic mass is 9.95. The summed E-state index contributed by atoms with van der Waals surface area (Å²) >= 11 is 0. The molecule has 1 unspecified atom stereocenters. The molecule has 1 amide bonds. The minimum Gasteiger partial charge on any atom is -0.347 e. The fraction of sp³-hybridized carbons (Fsp3) is 0.462. The molecule has 0 saturated heterocycles. The molecule has 3 nitrogen and oxygen atoms in total. The maximum atomic E-state index is 11.8. The van der Waals surface area contributed by atoms with Crippen LogP contribution in [0.2, 0.25) is 0 Å². The lowest BCUT2D eigenvalue weighted by Gasteiger charge is -2.19. The van der Waals surface area contributed by atoms with Crippen LogP contribution in [-0.4, -0.2) is 24.9 Å². The molecule has 1 aromatic carbocycles. The Hall–Kier alpha value is -1.35. The Morgan fingerprint density at radius 1 is 1.12 bits per heavy atom. The molecule has 0 heterocycles. The molecule has 0 aliphatic rings. The Bertz CT molecular complexity index is 411. The quantitative estimate of drug-likeness (QED) is 0.824. The molecule has 0 fully saturated rings. The normalized spacial score (nSPS) is 12.4. The number of hydrogen-bond donors (Lipinski definition) is 1. The zero-order chi connectivity index (χ0) is 12.5. The molecular weight excluding hydrogens is 200 g/mol. The predicted octanol–water partition coefficient (Wildman–Crippen LogP) is 1.70. The van der Waals surface area contributed by atoms with Crippen molar-refractivity contribution in [3.05, 3.63) is 34.4 Å². The Morgan fingerprint density at radius 3 is 2.12 bits per heavy atom. The third-order valence-electron chi connectivity index (χ3n) is 2.92. The van der Waals surface area contributed by atoms with Gasteiger partial charge in [-0.25, -0.2) is 0 Å². The van der Waals surface area contributed by atoms with Gasteiger partial charge in [0, 0.05) is 14.1 Å². The van der Waals surface area contributed by atoms with E-state index in [1.54, 1.807) is 14.1 Å². The third-order valence-corrected chi connectivity index (χ3v) is 2.92. The Labute approximate surface area is 97.2 Å². The summed E-state index contributed by atoms with van der Waals surface area (Å²) in [4.78, 5) is 13.3. The number of aryl methyl sites for hydroxylation is 3. The van der Waals surface area contributed by atoms with Crippen LogP contribution in [-0.2, 0) is 4.79 Å². The largest absolute Gasteiger partial charge is 0.347 e. The van der Waals surface area contributed by atoms with Crippen molar-refractivity contribution in [2.45, 2.75) is 26.8 Å². The van der Waals surface area contributed by atoms with Crippen LogP contribution in [0.15, 0.2) is 12.1 Å². The molecule has 1 aromatic rings. The molecule has 0 aromatic heterocycles. The highest BCUT2D eigenvalue weighted by Gasteiger charge is 2.19. The standard InChI is InChI=1S/C13H20N2O/c1-8-6-10(3)11(7-9(8)2)12(14)13(16)15(4)5/h6-7,12H,14H2,1-5H3. The average Bonchev–Trinajstić information content (AvgIpc) is 2.21. The van der Waals surface area contributed by atoms with Crippen LogP contribution in [0, 0.1) is 20.8 Å². The van der Waals surface area contributed by atoms with Crippen molar-refractivity contribution >= 4 is 5.91 Å². The van der Waals surface area contributed by atoms with E-state index in [1.807, 2.05) is 19.9 Å². The highest BCUT2D eigenvalue weighted by atomic mass is 16.2. The third kappa shape index (κ3) is 2.42. The summed E-state index contributed by atoms with van der Waals surface area (Å²) in [7, 11) is 3.44. The molecule has 0 aliphatic heterocycles. The summed E-state index contributed by atoms with van der Waals surface area (Å²) in [6.45, 7) is 6.08. The maximum absolute atomic E-state index is 11.8. The Kier molecular flexibility index (Phi) is 3.70. The van der Waals surface area contributed by atoms with Crippen molar-refractivity contribution in [2.75, 3.05) is 14.1 Å². The number of rotatable bonds is 2.